The number of carboxylic acids is 1. The minimum Gasteiger partial charge on any atom is -0.478 e. The molecule has 1 N–H and O–H groups in total. The molecule has 2 saturated heterocycles. The smallest absolute Gasteiger partial charge is 0.335 e. The van der Waals surface area contributed by atoms with Crippen molar-refractivity contribution in [2.45, 2.75) is 44.1 Å². The summed E-state index contributed by atoms with van der Waals surface area (Å²) in [6, 6.07) is 17.2. The van der Waals surface area contributed by atoms with Crippen LogP contribution in [0.25, 0.3) is 22.3 Å². The van der Waals surface area contributed by atoms with Gasteiger partial charge in [0.1, 0.15) is 35.5 Å². The Morgan fingerprint density at radius 3 is 2.70 bits per heavy atom. The molecule has 0 saturated carbocycles. The number of fused-ring (bicyclic) bond motifs is 3. The van der Waals surface area contributed by atoms with Crippen molar-refractivity contribution < 1.29 is 37.3 Å². The van der Waals surface area contributed by atoms with Gasteiger partial charge >= 0.3 is 5.97 Å². The van der Waals surface area contributed by atoms with Gasteiger partial charge in [0.15, 0.2) is 0 Å². The lowest BCUT2D eigenvalue weighted by Crippen LogP contribution is -2.41. The number of nitriles is 1. The van der Waals surface area contributed by atoms with E-state index in [9.17, 15) is 14.3 Å². The first kappa shape index (κ1) is 30.4. The van der Waals surface area contributed by atoms with Gasteiger partial charge in [-0.3, -0.25) is 0 Å². The molecule has 0 aliphatic carbocycles. The molecule has 5 aromatic rings. The van der Waals surface area contributed by atoms with Gasteiger partial charge in [-0.15, -0.1) is 0 Å². The van der Waals surface area contributed by atoms with E-state index in [1.807, 2.05) is 10.6 Å². The number of pyridine rings is 1. The quantitative estimate of drug-likeness (QED) is 0.202. The van der Waals surface area contributed by atoms with Gasteiger partial charge in [0, 0.05) is 30.0 Å². The molecular weight excluding hydrogens is 613 g/mol. The molecule has 2 bridgehead atoms. The van der Waals surface area contributed by atoms with Gasteiger partial charge in [0.25, 0.3) is 0 Å². The minimum atomic E-state index is -1.09. The second kappa shape index (κ2) is 12.2. The highest BCUT2D eigenvalue weighted by Gasteiger charge is 2.45. The largest absolute Gasteiger partial charge is 0.478 e. The molecule has 238 valence electrons. The summed E-state index contributed by atoms with van der Waals surface area (Å²) >= 11 is 0. The summed E-state index contributed by atoms with van der Waals surface area (Å²) in [5.41, 5.74) is 0.964. The summed E-state index contributed by atoms with van der Waals surface area (Å²) in [5.74, 6) is -2.61. The van der Waals surface area contributed by atoms with Crippen LogP contribution >= 0.6 is 0 Å². The first-order valence-corrected chi connectivity index (χ1v) is 14.9. The average molecular weight is 641 g/mol. The molecular formula is C35H27F3N4O5. The standard InChI is InChI=1S/C35H27F3N4O5/c36-26-10-20(16-39)4-5-22(26)17-45-33-3-1-2-29(41-33)25-14-27(37)23(11-28(25)38)13-32-40-30-7-6-21(34(43)44)12-31(30)42(32)18-35-15-24(46-19-35)8-9-47-35/h1-7,10-12,14,24H,8-9,13,15,17-19H2,(H,43,44). The van der Waals surface area contributed by atoms with Crippen LogP contribution < -0.4 is 4.74 Å². The maximum absolute atomic E-state index is 15.7. The van der Waals surface area contributed by atoms with Crippen LogP contribution in [0.15, 0.2) is 66.7 Å². The number of carbonyl (C=O) groups is 1. The number of hydrogen-bond donors (Lipinski definition) is 1. The van der Waals surface area contributed by atoms with Gasteiger partial charge in [0.05, 0.1) is 59.8 Å². The highest BCUT2D eigenvalue weighted by Crippen LogP contribution is 2.37. The zero-order valence-corrected chi connectivity index (χ0v) is 24.9. The third-order valence-corrected chi connectivity index (χ3v) is 8.59. The predicted octanol–water partition coefficient (Wildman–Crippen LogP) is 6.20. The second-order valence-electron chi connectivity index (χ2n) is 11.7. The van der Waals surface area contributed by atoms with E-state index in [0.717, 1.165) is 24.6 Å². The lowest BCUT2D eigenvalue weighted by Gasteiger charge is -2.32. The van der Waals surface area contributed by atoms with E-state index in [-0.39, 0.29) is 58.5 Å². The predicted molar refractivity (Wildman–Crippen MR) is 162 cm³/mol. The van der Waals surface area contributed by atoms with E-state index in [4.69, 9.17) is 24.5 Å². The van der Waals surface area contributed by atoms with Crippen LogP contribution in [0, 0.1) is 28.8 Å². The number of hydrogen-bond acceptors (Lipinski definition) is 7. The Bertz CT molecular complexity index is 2070. The molecule has 12 heteroatoms. The van der Waals surface area contributed by atoms with E-state index in [1.54, 1.807) is 12.1 Å². The van der Waals surface area contributed by atoms with E-state index in [0.29, 0.717) is 43.0 Å². The summed E-state index contributed by atoms with van der Waals surface area (Å²) in [6.07, 6.45) is 1.46. The van der Waals surface area contributed by atoms with Gasteiger partial charge in [-0.05, 0) is 60.5 Å². The van der Waals surface area contributed by atoms with E-state index >= 15 is 8.78 Å². The molecule has 9 nitrogen and oxygen atoms in total. The normalized spacial score (nSPS) is 18.7. The zero-order chi connectivity index (χ0) is 32.7. The third-order valence-electron chi connectivity index (χ3n) is 8.59. The van der Waals surface area contributed by atoms with Crippen molar-refractivity contribution in [2.75, 3.05) is 13.2 Å². The average Bonchev–Trinajstić information content (AvgIpc) is 3.55. The Morgan fingerprint density at radius 1 is 1.04 bits per heavy atom. The fourth-order valence-electron chi connectivity index (χ4n) is 6.18. The van der Waals surface area contributed by atoms with Crippen molar-refractivity contribution in [1.82, 2.24) is 14.5 Å². The van der Waals surface area contributed by atoms with E-state index in [1.165, 1.54) is 36.4 Å². The second-order valence-corrected chi connectivity index (χ2v) is 11.7. The van der Waals surface area contributed by atoms with E-state index in [2.05, 4.69) is 4.98 Å². The van der Waals surface area contributed by atoms with Crippen molar-refractivity contribution in [1.29, 1.82) is 5.26 Å². The molecule has 2 atom stereocenters. The van der Waals surface area contributed by atoms with Gasteiger partial charge < -0.3 is 23.9 Å². The van der Waals surface area contributed by atoms with Crippen molar-refractivity contribution in [2.24, 2.45) is 0 Å². The Hall–Kier alpha value is -5.25. The number of aromatic carboxylic acids is 1. The monoisotopic (exact) mass is 640 g/mol. The van der Waals surface area contributed by atoms with Gasteiger partial charge in [-0.25, -0.2) is 27.9 Å². The molecule has 47 heavy (non-hydrogen) atoms. The topological polar surface area (TPSA) is 119 Å². The van der Waals surface area contributed by atoms with Crippen LogP contribution in [0.4, 0.5) is 13.2 Å². The molecule has 0 amide bonds. The van der Waals surface area contributed by atoms with Crippen molar-refractivity contribution in [3.63, 3.8) is 0 Å². The summed E-state index contributed by atoms with van der Waals surface area (Å²) in [6.45, 7) is 1.02. The molecule has 2 aromatic heterocycles. The zero-order valence-electron chi connectivity index (χ0n) is 24.9. The number of ether oxygens (including phenoxy) is 3. The fourth-order valence-corrected chi connectivity index (χ4v) is 6.18. The van der Waals surface area contributed by atoms with Crippen LogP contribution in [0.1, 0.15) is 45.7 Å². The van der Waals surface area contributed by atoms with Gasteiger partial charge in [-0.1, -0.05) is 12.1 Å². The Balaban J connectivity index is 1.17. The van der Waals surface area contributed by atoms with Crippen LogP contribution in [0.2, 0.25) is 0 Å². The first-order valence-electron chi connectivity index (χ1n) is 14.9. The van der Waals surface area contributed by atoms with Crippen molar-refractivity contribution in [3.8, 4) is 23.2 Å². The van der Waals surface area contributed by atoms with Crippen LogP contribution in [-0.4, -0.2) is 50.5 Å². The molecule has 2 aliphatic rings. The summed E-state index contributed by atoms with van der Waals surface area (Å²) < 4.78 is 65.1. The Morgan fingerprint density at radius 2 is 1.89 bits per heavy atom. The number of nitrogens with zero attached hydrogens (tertiary/aromatic N) is 4. The van der Waals surface area contributed by atoms with Crippen molar-refractivity contribution >= 4 is 17.0 Å². The highest BCUT2D eigenvalue weighted by molar-refractivity contribution is 5.92. The van der Waals surface area contributed by atoms with Crippen molar-refractivity contribution in [3.05, 3.63) is 112 Å². The summed E-state index contributed by atoms with van der Waals surface area (Å²) in [4.78, 5) is 20.7. The maximum Gasteiger partial charge on any atom is 0.335 e. The number of carboxylic acid groups (broad SMARTS) is 1. The van der Waals surface area contributed by atoms with Crippen LogP contribution in [0.3, 0.4) is 0 Å². The Kier molecular flexibility index (Phi) is 7.87. The molecule has 7 rings (SSSR count). The SMILES string of the molecule is N#Cc1ccc(COc2cccc(-c3cc(F)c(Cc4nc5ccc(C(=O)O)cc5n4CC45COC(CCO4)C5)cc3F)n2)c(F)c1. The molecule has 2 unspecified atom stereocenters. The van der Waals surface area contributed by atoms with Crippen LogP contribution in [-0.2, 0) is 29.0 Å². The first-order chi connectivity index (χ1) is 22.7. The van der Waals surface area contributed by atoms with Gasteiger partial charge in [-0.2, -0.15) is 5.26 Å². The lowest BCUT2D eigenvalue weighted by molar-refractivity contribution is -0.0627. The number of imidazole rings is 1. The highest BCUT2D eigenvalue weighted by atomic mass is 19.1. The minimum absolute atomic E-state index is 0.0487. The summed E-state index contributed by atoms with van der Waals surface area (Å²) in [7, 11) is 0. The molecule has 2 aliphatic heterocycles. The molecule has 4 heterocycles. The lowest BCUT2D eigenvalue weighted by atomic mass is 9.95. The third kappa shape index (κ3) is 6.03. The number of aromatic nitrogens is 3. The molecule has 3 aromatic carbocycles. The van der Waals surface area contributed by atoms with Crippen LogP contribution in [0.5, 0.6) is 5.88 Å². The maximum atomic E-state index is 15.7. The van der Waals surface area contributed by atoms with E-state index < -0.39 is 29.0 Å². The molecule has 0 radical (unpaired) electrons. The fraction of sp³-hybridized carbons (Fsp3) is 0.257. The number of halogens is 3. The molecule has 0 spiro atoms. The number of rotatable bonds is 9. The molecule has 2 fully saturated rings. The van der Waals surface area contributed by atoms with Gasteiger partial charge in [0.2, 0.25) is 5.88 Å². The number of benzene rings is 3. The Labute approximate surface area is 266 Å². The summed E-state index contributed by atoms with van der Waals surface area (Å²) in [5, 5.41) is 18.5.